The van der Waals surface area contributed by atoms with Crippen molar-refractivity contribution in [2.75, 3.05) is 17.7 Å². The van der Waals surface area contributed by atoms with Crippen molar-refractivity contribution in [2.45, 2.75) is 6.54 Å². The Morgan fingerprint density at radius 1 is 1.41 bits per heavy atom. The highest BCUT2D eigenvalue weighted by molar-refractivity contribution is 7.13. The van der Waals surface area contributed by atoms with Crippen LogP contribution in [0.2, 0.25) is 0 Å². The minimum atomic E-state index is 0.407. The molecule has 0 aliphatic carbocycles. The van der Waals surface area contributed by atoms with Crippen LogP contribution in [0, 0.1) is 11.3 Å². The second-order valence-corrected chi connectivity index (χ2v) is 4.13. The first kappa shape index (κ1) is 11.4. The van der Waals surface area contributed by atoms with Gasteiger partial charge in [0.15, 0.2) is 5.13 Å². The lowest BCUT2D eigenvalue weighted by molar-refractivity contribution is 1.05. The minimum Gasteiger partial charge on any atom is -0.365 e. The molecule has 5 nitrogen and oxygen atoms in total. The van der Waals surface area contributed by atoms with Crippen molar-refractivity contribution in [3.8, 4) is 6.07 Å². The SMILES string of the molecule is CNc1nc(CNc2cccc(C#N)n2)cs1. The number of nitrogens with zero attached hydrogens (tertiary/aromatic N) is 3. The van der Waals surface area contributed by atoms with Gasteiger partial charge in [-0.3, -0.25) is 0 Å². The van der Waals surface area contributed by atoms with E-state index in [9.17, 15) is 0 Å². The minimum absolute atomic E-state index is 0.407. The van der Waals surface area contributed by atoms with Gasteiger partial charge in [-0.2, -0.15) is 5.26 Å². The van der Waals surface area contributed by atoms with Crippen LogP contribution in [0.25, 0.3) is 0 Å². The standard InChI is InChI=1S/C11H11N5S/c1-13-11-16-9(7-17-11)6-14-10-4-2-3-8(5-12)15-10/h2-4,7H,6H2,1H3,(H,13,16)(H,14,15). The molecule has 0 saturated carbocycles. The van der Waals surface area contributed by atoms with Crippen molar-refractivity contribution < 1.29 is 0 Å². The van der Waals surface area contributed by atoms with E-state index in [1.807, 2.05) is 24.6 Å². The monoisotopic (exact) mass is 245 g/mol. The van der Waals surface area contributed by atoms with Crippen LogP contribution >= 0.6 is 11.3 Å². The van der Waals surface area contributed by atoms with E-state index in [1.165, 1.54) is 0 Å². The first-order valence-electron chi connectivity index (χ1n) is 5.05. The summed E-state index contributed by atoms with van der Waals surface area (Å²) in [6, 6.07) is 7.30. The fourth-order valence-corrected chi connectivity index (χ4v) is 1.95. The second-order valence-electron chi connectivity index (χ2n) is 3.27. The number of anilines is 2. The van der Waals surface area contributed by atoms with Crippen LogP contribution in [-0.4, -0.2) is 17.0 Å². The predicted molar refractivity (Wildman–Crippen MR) is 67.9 cm³/mol. The zero-order chi connectivity index (χ0) is 12.1. The van der Waals surface area contributed by atoms with Crippen LogP contribution < -0.4 is 10.6 Å². The molecule has 2 heterocycles. The molecule has 2 aromatic heterocycles. The number of thiazole rings is 1. The van der Waals surface area contributed by atoms with E-state index >= 15 is 0 Å². The van der Waals surface area contributed by atoms with Crippen molar-refractivity contribution in [1.29, 1.82) is 5.26 Å². The zero-order valence-corrected chi connectivity index (χ0v) is 10.1. The van der Waals surface area contributed by atoms with Crippen LogP contribution in [0.1, 0.15) is 11.4 Å². The molecule has 6 heteroatoms. The van der Waals surface area contributed by atoms with Gasteiger partial charge in [-0.1, -0.05) is 6.07 Å². The lowest BCUT2D eigenvalue weighted by atomic mass is 10.3. The molecule has 0 fully saturated rings. The Balaban J connectivity index is 1.99. The fraction of sp³-hybridized carbons (Fsp3) is 0.182. The smallest absolute Gasteiger partial charge is 0.182 e. The van der Waals surface area contributed by atoms with Gasteiger partial charge in [0.25, 0.3) is 0 Å². The first-order valence-corrected chi connectivity index (χ1v) is 5.93. The van der Waals surface area contributed by atoms with Crippen LogP contribution in [0.4, 0.5) is 10.9 Å². The summed E-state index contributed by atoms with van der Waals surface area (Å²) >= 11 is 1.56. The molecule has 0 spiro atoms. The van der Waals surface area contributed by atoms with Crippen LogP contribution in [0.5, 0.6) is 0 Å². The Hall–Kier alpha value is -2.13. The molecule has 2 N–H and O–H groups in total. The number of nitriles is 1. The molecule has 0 aliphatic rings. The van der Waals surface area contributed by atoms with E-state index in [1.54, 1.807) is 23.5 Å². The molecular formula is C11H11N5S. The molecule has 0 aromatic carbocycles. The van der Waals surface area contributed by atoms with Gasteiger partial charge in [0.05, 0.1) is 12.2 Å². The normalized spacial score (nSPS) is 9.65. The summed E-state index contributed by atoms with van der Waals surface area (Å²) in [7, 11) is 1.84. The Morgan fingerprint density at radius 2 is 2.29 bits per heavy atom. The Labute approximate surface area is 103 Å². The molecule has 86 valence electrons. The van der Waals surface area contributed by atoms with E-state index in [2.05, 4.69) is 20.6 Å². The van der Waals surface area contributed by atoms with Gasteiger partial charge in [-0.25, -0.2) is 9.97 Å². The van der Waals surface area contributed by atoms with Gasteiger partial charge >= 0.3 is 0 Å². The third kappa shape index (κ3) is 2.92. The summed E-state index contributed by atoms with van der Waals surface area (Å²) in [5.41, 5.74) is 1.35. The van der Waals surface area contributed by atoms with Gasteiger partial charge in [0, 0.05) is 12.4 Å². The molecule has 0 unspecified atom stereocenters. The molecule has 2 aromatic rings. The van der Waals surface area contributed by atoms with E-state index in [4.69, 9.17) is 5.26 Å². The van der Waals surface area contributed by atoms with E-state index in [0.717, 1.165) is 10.8 Å². The number of aromatic nitrogens is 2. The van der Waals surface area contributed by atoms with Crippen LogP contribution in [-0.2, 0) is 6.54 Å². The Morgan fingerprint density at radius 3 is 3.00 bits per heavy atom. The zero-order valence-electron chi connectivity index (χ0n) is 9.27. The molecule has 2 rings (SSSR count). The molecule has 0 radical (unpaired) electrons. The highest BCUT2D eigenvalue weighted by atomic mass is 32.1. The number of hydrogen-bond acceptors (Lipinski definition) is 6. The number of nitrogens with one attached hydrogen (secondary N) is 2. The van der Waals surface area contributed by atoms with Crippen molar-refractivity contribution in [2.24, 2.45) is 0 Å². The maximum absolute atomic E-state index is 8.72. The molecular weight excluding hydrogens is 234 g/mol. The largest absolute Gasteiger partial charge is 0.365 e. The molecule has 0 saturated heterocycles. The van der Waals surface area contributed by atoms with Gasteiger partial charge in [0.2, 0.25) is 0 Å². The van der Waals surface area contributed by atoms with Gasteiger partial charge in [-0.15, -0.1) is 11.3 Å². The fourth-order valence-electron chi connectivity index (χ4n) is 1.28. The molecule has 0 aliphatic heterocycles. The van der Waals surface area contributed by atoms with Crippen molar-refractivity contribution >= 4 is 22.3 Å². The quantitative estimate of drug-likeness (QED) is 0.862. The summed E-state index contributed by atoms with van der Waals surface area (Å²) in [4.78, 5) is 8.46. The van der Waals surface area contributed by atoms with Gasteiger partial charge < -0.3 is 10.6 Å². The lowest BCUT2D eigenvalue weighted by Crippen LogP contribution is -2.02. The van der Waals surface area contributed by atoms with E-state index < -0.39 is 0 Å². The summed E-state index contributed by atoms with van der Waals surface area (Å²) in [6.45, 7) is 0.597. The molecule has 0 atom stereocenters. The summed E-state index contributed by atoms with van der Waals surface area (Å²) in [5, 5.41) is 17.7. The van der Waals surface area contributed by atoms with Crippen LogP contribution in [0.15, 0.2) is 23.6 Å². The predicted octanol–water partition coefficient (Wildman–Crippen LogP) is 2.06. The van der Waals surface area contributed by atoms with Crippen molar-refractivity contribution in [3.05, 3.63) is 35.0 Å². The van der Waals surface area contributed by atoms with Gasteiger partial charge in [-0.05, 0) is 12.1 Å². The maximum atomic E-state index is 8.72. The van der Waals surface area contributed by atoms with Crippen molar-refractivity contribution in [3.63, 3.8) is 0 Å². The highest BCUT2D eigenvalue weighted by Crippen LogP contribution is 2.15. The topological polar surface area (TPSA) is 73.6 Å². The Bertz CT molecular complexity index is 543. The lowest BCUT2D eigenvalue weighted by Gasteiger charge is -2.02. The Kier molecular flexibility index (Phi) is 3.52. The average molecular weight is 245 g/mol. The van der Waals surface area contributed by atoms with Crippen molar-refractivity contribution in [1.82, 2.24) is 9.97 Å². The molecule has 0 amide bonds. The van der Waals surface area contributed by atoms with Gasteiger partial charge in [0.1, 0.15) is 17.6 Å². The molecule has 0 bridgehead atoms. The van der Waals surface area contributed by atoms with E-state index in [-0.39, 0.29) is 0 Å². The van der Waals surface area contributed by atoms with Crippen LogP contribution in [0.3, 0.4) is 0 Å². The number of rotatable bonds is 4. The molecule has 17 heavy (non-hydrogen) atoms. The number of pyridine rings is 1. The third-order valence-corrected chi connectivity index (χ3v) is 2.99. The second kappa shape index (κ2) is 5.27. The first-order chi connectivity index (χ1) is 8.31. The highest BCUT2D eigenvalue weighted by Gasteiger charge is 2.01. The maximum Gasteiger partial charge on any atom is 0.182 e. The number of hydrogen-bond donors (Lipinski definition) is 2. The summed E-state index contributed by atoms with van der Waals surface area (Å²) < 4.78 is 0. The summed E-state index contributed by atoms with van der Waals surface area (Å²) in [5.74, 6) is 0.683. The summed E-state index contributed by atoms with van der Waals surface area (Å²) in [6.07, 6.45) is 0. The average Bonchev–Trinajstić information content (AvgIpc) is 2.84. The third-order valence-electron chi connectivity index (χ3n) is 2.08. The van der Waals surface area contributed by atoms with E-state index in [0.29, 0.717) is 18.1 Å².